The van der Waals surface area contributed by atoms with Crippen LogP contribution in [0.4, 0.5) is 0 Å². The molecule has 0 fully saturated rings. The standard InChI is InChI=1S/C63H81N3O5S2/c1-7-11-15-19-23-27-31-44-38-51(72-43(44)6)53-55-57(62(69)65(60(55)67)35-29-25-21-17-13-9-3)54(58-56(53)61(68)66(63(58)70)36-30-26-22-18-14-10-4)52-39-45(32-28-24-20-16-12-8-2)59(73-52)48-40-50-47(41-64-48)46-34-33-42(5)37-49(46)71-50/h33-34,37-41H,7-32,35-36H2,1-6H3. The second-order valence-corrected chi connectivity index (χ2v) is 23.5. The van der Waals surface area contributed by atoms with Gasteiger partial charge in [-0.3, -0.25) is 33.3 Å². The maximum absolute atomic E-state index is 15.4. The van der Waals surface area contributed by atoms with E-state index in [0.717, 1.165) is 163 Å². The molecule has 2 aromatic carbocycles. The molecule has 0 saturated carbocycles. The van der Waals surface area contributed by atoms with Crippen LogP contribution >= 0.6 is 22.7 Å². The van der Waals surface area contributed by atoms with E-state index < -0.39 is 0 Å². The highest BCUT2D eigenvalue weighted by Crippen LogP contribution is 2.47. The van der Waals surface area contributed by atoms with Gasteiger partial charge in [-0.05, 0) is 87.3 Å². The topological polar surface area (TPSA) is 104 Å². The number of rotatable bonds is 31. The van der Waals surface area contributed by atoms with Crippen molar-refractivity contribution in [2.24, 2.45) is 0 Å². The van der Waals surface area contributed by atoms with Crippen molar-refractivity contribution < 1.29 is 4.42 Å². The zero-order chi connectivity index (χ0) is 51.4. The highest BCUT2D eigenvalue weighted by molar-refractivity contribution is 7.19. The Labute approximate surface area is 441 Å². The third kappa shape index (κ3) is 12.1. The number of nitrogens with zero attached hydrogens (tertiary/aromatic N) is 3. The first-order chi connectivity index (χ1) is 35.6. The van der Waals surface area contributed by atoms with Gasteiger partial charge >= 0.3 is 0 Å². The molecule has 390 valence electrons. The van der Waals surface area contributed by atoms with E-state index in [2.05, 4.69) is 71.9 Å². The molecule has 10 heteroatoms. The molecule has 0 aliphatic rings. The maximum atomic E-state index is 15.4. The summed E-state index contributed by atoms with van der Waals surface area (Å²) in [5.41, 5.74) is 5.18. The van der Waals surface area contributed by atoms with Crippen molar-refractivity contribution in [1.82, 2.24) is 14.1 Å². The molecule has 8 rings (SSSR count). The molecule has 73 heavy (non-hydrogen) atoms. The van der Waals surface area contributed by atoms with Crippen LogP contribution in [0.3, 0.4) is 0 Å². The van der Waals surface area contributed by atoms with Crippen molar-refractivity contribution in [1.29, 1.82) is 0 Å². The van der Waals surface area contributed by atoms with E-state index in [1.165, 1.54) is 71.0 Å². The summed E-state index contributed by atoms with van der Waals surface area (Å²) in [5.74, 6) is 0. The van der Waals surface area contributed by atoms with Gasteiger partial charge in [0.05, 0.1) is 32.1 Å². The number of pyridine rings is 1. The zero-order valence-corrected chi connectivity index (χ0v) is 46.7. The molecule has 8 nitrogen and oxygen atoms in total. The van der Waals surface area contributed by atoms with Gasteiger partial charge in [0.2, 0.25) is 0 Å². The fraction of sp³-hybridized carbons (Fsp3) is 0.540. The third-order valence-electron chi connectivity index (χ3n) is 15.5. The zero-order valence-electron chi connectivity index (χ0n) is 45.0. The summed E-state index contributed by atoms with van der Waals surface area (Å²) in [7, 11) is 0. The Morgan fingerprint density at radius 1 is 0.466 bits per heavy atom. The highest BCUT2D eigenvalue weighted by atomic mass is 32.1. The number of thiophene rings is 2. The molecular formula is C63H81N3O5S2. The van der Waals surface area contributed by atoms with Crippen LogP contribution in [0.5, 0.6) is 0 Å². The largest absolute Gasteiger partial charge is 0.456 e. The Morgan fingerprint density at radius 3 is 1.40 bits per heavy atom. The van der Waals surface area contributed by atoms with Crippen LogP contribution in [0, 0.1) is 13.8 Å². The van der Waals surface area contributed by atoms with Gasteiger partial charge in [0, 0.05) is 61.9 Å². The van der Waals surface area contributed by atoms with Crippen molar-refractivity contribution in [3.63, 3.8) is 0 Å². The highest BCUT2D eigenvalue weighted by Gasteiger charge is 2.32. The van der Waals surface area contributed by atoms with Gasteiger partial charge < -0.3 is 4.42 Å². The minimum atomic E-state index is -0.368. The molecule has 6 aromatic heterocycles. The van der Waals surface area contributed by atoms with E-state index in [0.29, 0.717) is 41.9 Å². The summed E-state index contributed by atoms with van der Waals surface area (Å²) in [5, 5.41) is 3.07. The quantitative estimate of drug-likeness (QED) is 0.0401. The Bertz CT molecular complexity index is 3230. The number of benzene rings is 2. The molecule has 0 spiro atoms. The molecule has 8 aromatic rings. The van der Waals surface area contributed by atoms with Gasteiger partial charge in [-0.25, -0.2) is 0 Å². The summed E-state index contributed by atoms with van der Waals surface area (Å²) in [4.78, 5) is 70.3. The molecule has 0 aliphatic carbocycles. The second-order valence-electron chi connectivity index (χ2n) is 21.2. The summed E-state index contributed by atoms with van der Waals surface area (Å²) in [6, 6.07) is 12.6. The first-order valence-corrected chi connectivity index (χ1v) is 30.2. The van der Waals surface area contributed by atoms with Crippen LogP contribution in [0.2, 0.25) is 0 Å². The number of unbranched alkanes of at least 4 members (excludes halogenated alkanes) is 20. The lowest BCUT2D eigenvalue weighted by atomic mass is 9.93. The van der Waals surface area contributed by atoms with Crippen LogP contribution in [0.1, 0.15) is 203 Å². The van der Waals surface area contributed by atoms with E-state index >= 15 is 19.2 Å². The van der Waals surface area contributed by atoms with E-state index in [9.17, 15) is 0 Å². The van der Waals surface area contributed by atoms with E-state index in [4.69, 9.17) is 9.40 Å². The summed E-state index contributed by atoms with van der Waals surface area (Å²) >= 11 is 3.10. The smallest absolute Gasteiger partial charge is 0.262 e. The molecule has 0 radical (unpaired) electrons. The van der Waals surface area contributed by atoms with Crippen LogP contribution in [-0.4, -0.2) is 14.1 Å². The van der Waals surface area contributed by atoms with Gasteiger partial charge in [-0.15, -0.1) is 22.7 Å². The lowest BCUT2D eigenvalue weighted by Gasteiger charge is -2.07. The summed E-state index contributed by atoms with van der Waals surface area (Å²) < 4.78 is 9.33. The molecule has 0 atom stereocenters. The summed E-state index contributed by atoms with van der Waals surface area (Å²) in [6.45, 7) is 13.6. The van der Waals surface area contributed by atoms with Crippen LogP contribution in [-0.2, 0) is 25.9 Å². The Kier molecular flexibility index (Phi) is 19.4. The van der Waals surface area contributed by atoms with E-state index in [-0.39, 0.29) is 43.8 Å². The number of aryl methyl sites for hydroxylation is 4. The number of furan rings is 1. The van der Waals surface area contributed by atoms with Gasteiger partial charge in [-0.2, -0.15) is 0 Å². The van der Waals surface area contributed by atoms with Crippen molar-refractivity contribution in [2.75, 3.05) is 0 Å². The van der Waals surface area contributed by atoms with Crippen LogP contribution in [0.25, 0.3) is 74.9 Å². The maximum Gasteiger partial charge on any atom is 0.262 e. The molecular weight excluding hydrogens is 943 g/mol. The summed E-state index contributed by atoms with van der Waals surface area (Å²) in [6.07, 6.45) is 29.7. The van der Waals surface area contributed by atoms with Crippen molar-refractivity contribution >= 4 is 66.2 Å². The minimum Gasteiger partial charge on any atom is -0.456 e. The van der Waals surface area contributed by atoms with Crippen molar-refractivity contribution in [2.45, 2.75) is 222 Å². The number of hydrogen-bond donors (Lipinski definition) is 0. The van der Waals surface area contributed by atoms with Crippen LogP contribution in [0.15, 0.2) is 66.2 Å². The van der Waals surface area contributed by atoms with Crippen molar-refractivity contribution in [3.8, 4) is 31.5 Å². The Balaban J connectivity index is 1.35. The Hall–Kier alpha value is -4.93. The Morgan fingerprint density at radius 2 is 0.890 bits per heavy atom. The third-order valence-corrected chi connectivity index (χ3v) is 17.8. The molecule has 0 unspecified atom stereocenters. The SMILES string of the molecule is CCCCCCCCc1cc(-c2c3c(=O)n(CCCCCCCC)c(=O)c3c(-c3cc(CCCCCCCC)c(-c4cc5oc6cc(C)ccc6c5cn4)s3)c3c(=O)n(CCCCCCCC)c(=O)c23)sc1C. The molecule has 0 N–H and O–H groups in total. The second kappa shape index (κ2) is 26.0. The fourth-order valence-corrected chi connectivity index (χ4v) is 13.6. The molecule has 0 aliphatic heterocycles. The average molecular weight is 1020 g/mol. The first kappa shape index (κ1) is 54.3. The number of aromatic nitrogens is 3. The number of fused-ring (bicyclic) bond motifs is 5. The predicted molar refractivity (Wildman–Crippen MR) is 312 cm³/mol. The molecule has 6 heterocycles. The molecule has 0 amide bonds. The predicted octanol–water partition coefficient (Wildman–Crippen LogP) is 17.5. The van der Waals surface area contributed by atoms with Gasteiger partial charge in [0.1, 0.15) is 11.2 Å². The van der Waals surface area contributed by atoms with Gasteiger partial charge in [0.25, 0.3) is 22.2 Å². The van der Waals surface area contributed by atoms with E-state index in [1.807, 2.05) is 12.3 Å². The average Bonchev–Trinajstić information content (AvgIpc) is 4.18. The fourth-order valence-electron chi connectivity index (χ4n) is 11.3. The molecule has 0 bridgehead atoms. The van der Waals surface area contributed by atoms with Crippen molar-refractivity contribution in [3.05, 3.63) is 106 Å². The normalized spacial score (nSPS) is 12.1. The first-order valence-electron chi connectivity index (χ1n) is 28.6. The van der Waals surface area contributed by atoms with E-state index in [1.54, 1.807) is 11.3 Å². The lowest BCUT2D eigenvalue weighted by molar-refractivity contribution is 0.547. The number of hydrogen-bond acceptors (Lipinski definition) is 8. The van der Waals surface area contributed by atoms with Gasteiger partial charge in [-0.1, -0.05) is 168 Å². The monoisotopic (exact) mass is 1020 g/mol. The molecule has 0 saturated heterocycles. The van der Waals surface area contributed by atoms with Crippen LogP contribution < -0.4 is 22.2 Å². The minimum absolute atomic E-state index is 0.269. The lowest BCUT2D eigenvalue weighted by Crippen LogP contribution is -2.26. The van der Waals surface area contributed by atoms with Gasteiger partial charge in [0.15, 0.2) is 0 Å².